The minimum Gasteiger partial charge on any atom is -0.481 e. The minimum atomic E-state index is -4.39. The summed E-state index contributed by atoms with van der Waals surface area (Å²) < 4.78 is 39.2. The van der Waals surface area contributed by atoms with Gasteiger partial charge >= 0.3 is 12.1 Å². The highest BCUT2D eigenvalue weighted by molar-refractivity contribution is 5.72. The lowest BCUT2D eigenvalue weighted by molar-refractivity contribution is -0.143. The van der Waals surface area contributed by atoms with Gasteiger partial charge in [-0.25, -0.2) is 0 Å². The lowest BCUT2D eigenvalue weighted by Gasteiger charge is -2.49. The fraction of sp³-hybridized carbons (Fsp3) is 0.458. The Balaban J connectivity index is 1.78. The summed E-state index contributed by atoms with van der Waals surface area (Å²) in [7, 11) is 0. The Hall–Kier alpha value is -2.50. The summed E-state index contributed by atoms with van der Waals surface area (Å²) in [5.74, 6) is -0.920. The van der Waals surface area contributed by atoms with E-state index in [0.29, 0.717) is 18.8 Å². The Morgan fingerprint density at radius 1 is 1.10 bits per heavy atom. The summed E-state index contributed by atoms with van der Waals surface area (Å²) in [5, 5.41) is 9.70. The maximum atomic E-state index is 13.1. The van der Waals surface area contributed by atoms with E-state index < -0.39 is 29.2 Å². The van der Waals surface area contributed by atoms with Gasteiger partial charge in [-0.1, -0.05) is 38.1 Å². The number of benzene rings is 2. The number of piperidine rings is 1. The quantitative estimate of drug-likeness (QED) is 0.645. The van der Waals surface area contributed by atoms with Gasteiger partial charge in [-0.15, -0.1) is 0 Å². The number of hydrogen-bond donors (Lipinski definition) is 1. The van der Waals surface area contributed by atoms with Gasteiger partial charge in [0.25, 0.3) is 0 Å². The van der Waals surface area contributed by atoms with Crippen molar-refractivity contribution in [2.75, 3.05) is 4.90 Å². The number of carboxylic acids is 1. The zero-order valence-corrected chi connectivity index (χ0v) is 17.1. The fourth-order valence-electron chi connectivity index (χ4n) is 5.28. The summed E-state index contributed by atoms with van der Waals surface area (Å²) in [6.45, 7) is 4.25. The zero-order chi connectivity index (χ0) is 21.7. The summed E-state index contributed by atoms with van der Waals surface area (Å²) in [6.07, 6.45) is -1.87. The number of halogens is 3. The first kappa shape index (κ1) is 20.8. The third kappa shape index (κ3) is 3.46. The van der Waals surface area contributed by atoms with Crippen molar-refractivity contribution in [1.29, 1.82) is 0 Å². The van der Waals surface area contributed by atoms with Crippen LogP contribution in [0.2, 0.25) is 0 Å². The molecular weight excluding hydrogens is 391 g/mol. The molecular formula is C24H26F3NO2. The molecule has 2 bridgehead atoms. The van der Waals surface area contributed by atoms with E-state index in [1.807, 2.05) is 0 Å². The normalized spacial score (nSPS) is 26.3. The standard InChI is InChI=1S/C24H26F3NO2/c1-15(2)16-3-9-20(10-4-16)28-21-11-12-23(28,14-17(13-21)22(29)30)18-5-7-19(8-6-18)24(25,26)27/h3-10,15,17,21H,11-14H2,1-2H3,(H,29,30)/t17-,21-,23+/m1/s1. The van der Waals surface area contributed by atoms with Crippen LogP contribution in [0.4, 0.5) is 18.9 Å². The molecule has 0 aliphatic carbocycles. The van der Waals surface area contributed by atoms with Gasteiger partial charge in [-0.2, -0.15) is 13.2 Å². The molecule has 0 unspecified atom stereocenters. The molecule has 6 heteroatoms. The van der Waals surface area contributed by atoms with Crippen molar-refractivity contribution in [2.24, 2.45) is 5.92 Å². The van der Waals surface area contributed by atoms with Crippen molar-refractivity contribution in [3.8, 4) is 0 Å². The Labute approximate surface area is 174 Å². The van der Waals surface area contributed by atoms with Gasteiger partial charge in [-0.3, -0.25) is 4.79 Å². The number of carboxylic acid groups (broad SMARTS) is 1. The lowest BCUT2D eigenvalue weighted by atomic mass is 9.76. The van der Waals surface area contributed by atoms with E-state index in [1.165, 1.54) is 17.7 Å². The first-order chi connectivity index (χ1) is 14.1. The van der Waals surface area contributed by atoms with Crippen LogP contribution in [0.15, 0.2) is 48.5 Å². The Kier molecular flexibility index (Phi) is 5.07. The molecule has 160 valence electrons. The molecule has 0 amide bonds. The van der Waals surface area contributed by atoms with Crippen LogP contribution in [0.3, 0.4) is 0 Å². The largest absolute Gasteiger partial charge is 0.481 e. The predicted molar refractivity (Wildman–Crippen MR) is 110 cm³/mol. The Morgan fingerprint density at radius 2 is 1.73 bits per heavy atom. The molecule has 2 aliphatic heterocycles. The third-order valence-corrected chi connectivity index (χ3v) is 6.79. The van der Waals surface area contributed by atoms with Crippen molar-refractivity contribution in [1.82, 2.24) is 0 Å². The fourth-order valence-corrected chi connectivity index (χ4v) is 5.28. The molecule has 0 spiro atoms. The molecule has 2 aromatic rings. The van der Waals surface area contributed by atoms with Gasteiger partial charge in [0.1, 0.15) is 0 Å². The number of hydrogen-bond acceptors (Lipinski definition) is 2. The molecule has 2 aliphatic rings. The van der Waals surface area contributed by atoms with E-state index in [0.717, 1.165) is 36.2 Å². The summed E-state index contributed by atoms with van der Waals surface area (Å²) >= 11 is 0. The highest BCUT2D eigenvalue weighted by Crippen LogP contribution is 2.54. The Bertz CT molecular complexity index is 921. The van der Waals surface area contributed by atoms with Crippen LogP contribution in [0, 0.1) is 5.92 Å². The molecule has 0 aromatic heterocycles. The van der Waals surface area contributed by atoms with E-state index in [2.05, 4.69) is 43.0 Å². The molecule has 2 heterocycles. The second kappa shape index (κ2) is 7.33. The van der Waals surface area contributed by atoms with Crippen molar-refractivity contribution in [3.63, 3.8) is 0 Å². The first-order valence-electron chi connectivity index (χ1n) is 10.4. The maximum absolute atomic E-state index is 13.1. The van der Waals surface area contributed by atoms with Gasteiger partial charge < -0.3 is 10.0 Å². The first-order valence-corrected chi connectivity index (χ1v) is 10.4. The average Bonchev–Trinajstić information content (AvgIpc) is 2.94. The van der Waals surface area contributed by atoms with Crippen molar-refractivity contribution >= 4 is 11.7 Å². The summed E-state index contributed by atoms with van der Waals surface area (Å²) in [5.41, 5.74) is 1.70. The molecule has 1 N–H and O–H groups in total. The molecule has 2 fully saturated rings. The van der Waals surface area contributed by atoms with Crippen LogP contribution in [0.25, 0.3) is 0 Å². The van der Waals surface area contributed by atoms with E-state index in [-0.39, 0.29) is 6.04 Å². The Morgan fingerprint density at radius 3 is 2.27 bits per heavy atom. The number of nitrogens with zero attached hydrogens (tertiary/aromatic N) is 1. The van der Waals surface area contributed by atoms with Crippen LogP contribution >= 0.6 is 0 Å². The molecule has 0 radical (unpaired) electrons. The number of carbonyl (C=O) groups is 1. The molecule has 4 rings (SSSR count). The van der Waals surface area contributed by atoms with Crippen LogP contribution in [0.1, 0.15) is 62.1 Å². The predicted octanol–water partition coefficient (Wildman–Crippen LogP) is 6.19. The highest BCUT2D eigenvalue weighted by Gasteiger charge is 2.54. The number of alkyl halides is 3. The highest BCUT2D eigenvalue weighted by atomic mass is 19.4. The third-order valence-electron chi connectivity index (χ3n) is 6.79. The van der Waals surface area contributed by atoms with Crippen LogP contribution in [-0.4, -0.2) is 17.1 Å². The van der Waals surface area contributed by atoms with Gasteiger partial charge in [0.15, 0.2) is 0 Å². The lowest BCUT2D eigenvalue weighted by Crippen LogP contribution is -2.52. The average molecular weight is 417 g/mol. The van der Waals surface area contributed by atoms with Crippen LogP contribution in [0.5, 0.6) is 0 Å². The van der Waals surface area contributed by atoms with Gasteiger partial charge in [-0.05, 0) is 67.0 Å². The summed E-state index contributed by atoms with van der Waals surface area (Å²) in [6, 6.07) is 13.7. The van der Waals surface area contributed by atoms with E-state index >= 15 is 0 Å². The number of aliphatic carboxylic acids is 1. The second-order valence-electron chi connectivity index (χ2n) is 8.89. The summed E-state index contributed by atoms with van der Waals surface area (Å²) in [4.78, 5) is 14.1. The number of rotatable bonds is 4. The molecule has 2 aromatic carbocycles. The van der Waals surface area contributed by atoms with Crippen molar-refractivity contribution in [3.05, 3.63) is 65.2 Å². The van der Waals surface area contributed by atoms with E-state index in [9.17, 15) is 23.1 Å². The zero-order valence-electron chi connectivity index (χ0n) is 17.1. The van der Waals surface area contributed by atoms with E-state index in [1.54, 1.807) is 0 Å². The monoisotopic (exact) mass is 417 g/mol. The molecule has 0 saturated carbocycles. The van der Waals surface area contributed by atoms with Gasteiger partial charge in [0, 0.05) is 11.7 Å². The van der Waals surface area contributed by atoms with Crippen LogP contribution < -0.4 is 4.90 Å². The SMILES string of the molecule is CC(C)c1ccc(N2[C@@H]3CC[C@@]2(c2ccc(C(F)(F)F)cc2)C[C@H](C(=O)O)C3)cc1. The van der Waals surface area contributed by atoms with E-state index in [4.69, 9.17) is 0 Å². The van der Waals surface area contributed by atoms with Crippen molar-refractivity contribution in [2.45, 2.75) is 63.2 Å². The minimum absolute atomic E-state index is 0.0621. The smallest absolute Gasteiger partial charge is 0.416 e. The molecule has 3 nitrogen and oxygen atoms in total. The molecule has 3 atom stereocenters. The number of anilines is 1. The maximum Gasteiger partial charge on any atom is 0.416 e. The van der Waals surface area contributed by atoms with Gasteiger partial charge in [0.2, 0.25) is 0 Å². The topological polar surface area (TPSA) is 40.5 Å². The molecule has 2 saturated heterocycles. The van der Waals surface area contributed by atoms with Crippen molar-refractivity contribution < 1.29 is 23.1 Å². The molecule has 30 heavy (non-hydrogen) atoms. The number of fused-ring (bicyclic) bond motifs is 2. The van der Waals surface area contributed by atoms with Gasteiger partial charge in [0.05, 0.1) is 17.0 Å². The van der Waals surface area contributed by atoms with Crippen LogP contribution in [-0.2, 0) is 16.5 Å². The second-order valence-corrected chi connectivity index (χ2v) is 8.89.